The molecule has 0 radical (unpaired) electrons. The fraction of sp³-hybridized carbons (Fsp3) is 0.167. The number of hydrogen-bond donors (Lipinski definition) is 1. The van der Waals surface area contributed by atoms with E-state index >= 15 is 0 Å². The normalized spacial score (nSPS) is 10.3. The van der Waals surface area contributed by atoms with Crippen LogP contribution in [-0.2, 0) is 6.54 Å². The summed E-state index contributed by atoms with van der Waals surface area (Å²) in [6.07, 6.45) is 1.55. The van der Waals surface area contributed by atoms with E-state index in [9.17, 15) is 0 Å². The maximum atomic E-state index is 6.05. The molecule has 0 fully saturated rings. The predicted octanol–water partition coefficient (Wildman–Crippen LogP) is 3.15. The van der Waals surface area contributed by atoms with Gasteiger partial charge in [-0.05, 0) is 28.1 Å². The summed E-state index contributed by atoms with van der Waals surface area (Å²) in [5, 5.41) is 0.545. The number of rotatable bonds is 4. The molecule has 2 N–H and O–H groups in total. The van der Waals surface area contributed by atoms with Crippen molar-refractivity contribution in [3.63, 3.8) is 0 Å². The van der Waals surface area contributed by atoms with Crippen molar-refractivity contribution in [2.75, 3.05) is 7.11 Å². The molecule has 0 atom stereocenters. The Kier molecular flexibility index (Phi) is 4.57. The van der Waals surface area contributed by atoms with Crippen LogP contribution in [0.25, 0.3) is 0 Å². The first-order valence-corrected chi connectivity index (χ1v) is 6.54. The van der Waals surface area contributed by atoms with Gasteiger partial charge in [-0.2, -0.15) is 4.98 Å². The Labute approximate surface area is 123 Å². The lowest BCUT2D eigenvalue weighted by Crippen LogP contribution is -2.02. The minimum absolute atomic E-state index is 0.164. The fourth-order valence-corrected chi connectivity index (χ4v) is 2.06. The third-order valence-electron chi connectivity index (χ3n) is 2.36. The molecule has 100 valence electrons. The van der Waals surface area contributed by atoms with Crippen molar-refractivity contribution < 1.29 is 9.47 Å². The van der Waals surface area contributed by atoms with Gasteiger partial charge in [0.2, 0.25) is 5.88 Å². The van der Waals surface area contributed by atoms with Crippen molar-refractivity contribution in [2.45, 2.75) is 6.54 Å². The van der Waals surface area contributed by atoms with Crippen LogP contribution in [0.3, 0.4) is 0 Å². The lowest BCUT2D eigenvalue weighted by atomic mass is 10.2. The van der Waals surface area contributed by atoms with Crippen LogP contribution in [-0.4, -0.2) is 17.1 Å². The number of nitrogens with zero attached hydrogens (tertiary/aromatic N) is 2. The molecule has 7 heteroatoms. The van der Waals surface area contributed by atoms with Crippen LogP contribution in [0.5, 0.6) is 17.6 Å². The fourth-order valence-electron chi connectivity index (χ4n) is 1.46. The number of benzene rings is 1. The minimum atomic E-state index is 0.164. The van der Waals surface area contributed by atoms with Crippen LogP contribution in [0, 0.1) is 0 Å². The van der Waals surface area contributed by atoms with E-state index in [0.29, 0.717) is 26.7 Å². The maximum Gasteiger partial charge on any atom is 0.325 e. The zero-order valence-corrected chi connectivity index (χ0v) is 12.4. The van der Waals surface area contributed by atoms with E-state index in [1.165, 1.54) is 7.11 Å². The third-order valence-corrected chi connectivity index (χ3v) is 3.26. The molecule has 5 nitrogen and oxygen atoms in total. The Morgan fingerprint density at radius 3 is 2.89 bits per heavy atom. The van der Waals surface area contributed by atoms with Gasteiger partial charge < -0.3 is 15.2 Å². The van der Waals surface area contributed by atoms with Crippen LogP contribution in [0.2, 0.25) is 5.02 Å². The highest BCUT2D eigenvalue weighted by Crippen LogP contribution is 2.30. The van der Waals surface area contributed by atoms with Gasteiger partial charge in [-0.15, -0.1) is 0 Å². The number of methoxy groups -OCH3 is 1. The highest BCUT2D eigenvalue weighted by atomic mass is 79.9. The molecule has 1 aromatic heterocycles. The highest BCUT2D eigenvalue weighted by molar-refractivity contribution is 9.10. The lowest BCUT2D eigenvalue weighted by Gasteiger charge is -2.10. The minimum Gasteiger partial charge on any atom is -0.480 e. The van der Waals surface area contributed by atoms with Crippen molar-refractivity contribution >= 4 is 27.5 Å². The van der Waals surface area contributed by atoms with Crippen LogP contribution in [0.15, 0.2) is 28.9 Å². The van der Waals surface area contributed by atoms with Gasteiger partial charge in [-0.25, -0.2) is 4.98 Å². The van der Waals surface area contributed by atoms with Crippen LogP contribution >= 0.6 is 27.5 Å². The number of hydrogen-bond acceptors (Lipinski definition) is 5. The summed E-state index contributed by atoms with van der Waals surface area (Å²) in [5.74, 6) is 0.917. The molecule has 0 aliphatic carbocycles. The van der Waals surface area contributed by atoms with Gasteiger partial charge in [0.1, 0.15) is 5.75 Å². The monoisotopic (exact) mass is 343 g/mol. The lowest BCUT2D eigenvalue weighted by molar-refractivity contribution is 0.372. The summed E-state index contributed by atoms with van der Waals surface area (Å²) >= 11 is 9.32. The van der Waals surface area contributed by atoms with Gasteiger partial charge in [-0.3, -0.25) is 0 Å². The largest absolute Gasteiger partial charge is 0.480 e. The molecule has 0 spiro atoms. The van der Waals surface area contributed by atoms with Crippen molar-refractivity contribution in [3.05, 3.63) is 39.5 Å². The van der Waals surface area contributed by atoms with E-state index in [2.05, 4.69) is 25.9 Å². The molecule has 0 unspecified atom stereocenters. The summed E-state index contributed by atoms with van der Waals surface area (Å²) in [5.41, 5.74) is 6.35. The first kappa shape index (κ1) is 14.0. The Morgan fingerprint density at radius 2 is 2.21 bits per heavy atom. The van der Waals surface area contributed by atoms with Gasteiger partial charge in [0.05, 0.1) is 17.8 Å². The van der Waals surface area contributed by atoms with E-state index in [1.54, 1.807) is 24.4 Å². The molecule has 0 amide bonds. The molecular weight excluding hydrogens is 334 g/mol. The molecule has 0 aliphatic rings. The summed E-state index contributed by atoms with van der Waals surface area (Å²) in [6, 6.07) is 5.44. The number of ether oxygens (including phenoxy) is 2. The number of halogens is 2. The molecular formula is C12H11BrClN3O2. The smallest absolute Gasteiger partial charge is 0.325 e. The van der Waals surface area contributed by atoms with E-state index in [-0.39, 0.29) is 12.6 Å². The van der Waals surface area contributed by atoms with Gasteiger partial charge in [0.25, 0.3) is 0 Å². The second-order valence-electron chi connectivity index (χ2n) is 3.53. The van der Waals surface area contributed by atoms with E-state index < -0.39 is 0 Å². The Bertz CT molecular complexity index is 595. The van der Waals surface area contributed by atoms with E-state index in [1.807, 2.05) is 0 Å². The number of nitrogens with two attached hydrogens (primary N) is 1. The maximum absolute atomic E-state index is 6.05. The highest BCUT2D eigenvalue weighted by Gasteiger charge is 2.11. The first-order valence-electron chi connectivity index (χ1n) is 5.37. The standard InChI is InChI=1S/C12H11BrClN3O2/c1-18-11-8(13)6-16-12(17-11)19-10-4-2-3-9(14)7(10)5-15/h2-4,6H,5,15H2,1H3. The molecule has 2 rings (SSSR count). The first-order chi connectivity index (χ1) is 9.15. The second-order valence-corrected chi connectivity index (χ2v) is 4.79. The van der Waals surface area contributed by atoms with Crippen LogP contribution < -0.4 is 15.2 Å². The topological polar surface area (TPSA) is 70.3 Å². The zero-order chi connectivity index (χ0) is 13.8. The van der Waals surface area contributed by atoms with Gasteiger partial charge in [-0.1, -0.05) is 17.7 Å². The summed E-state index contributed by atoms with van der Waals surface area (Å²) in [4.78, 5) is 8.15. The number of aromatic nitrogens is 2. The summed E-state index contributed by atoms with van der Waals surface area (Å²) in [6.45, 7) is 0.267. The van der Waals surface area contributed by atoms with Crippen molar-refractivity contribution in [1.82, 2.24) is 9.97 Å². The molecule has 1 aromatic carbocycles. The predicted molar refractivity (Wildman–Crippen MR) is 75.7 cm³/mol. The molecule has 0 saturated heterocycles. The molecule has 1 heterocycles. The van der Waals surface area contributed by atoms with E-state index in [0.717, 1.165) is 0 Å². The zero-order valence-electron chi connectivity index (χ0n) is 10.1. The quantitative estimate of drug-likeness (QED) is 0.922. The van der Waals surface area contributed by atoms with Crippen LogP contribution in [0.4, 0.5) is 0 Å². The summed E-state index contributed by atoms with van der Waals surface area (Å²) < 4.78 is 11.3. The molecule has 0 saturated carbocycles. The molecule has 2 aromatic rings. The van der Waals surface area contributed by atoms with E-state index in [4.69, 9.17) is 26.8 Å². The molecule has 0 aliphatic heterocycles. The Morgan fingerprint density at radius 1 is 1.42 bits per heavy atom. The SMILES string of the molecule is COc1nc(Oc2cccc(Cl)c2CN)ncc1Br. The Hall–Kier alpha value is -1.37. The average molecular weight is 345 g/mol. The average Bonchev–Trinajstić information content (AvgIpc) is 2.41. The molecule has 0 bridgehead atoms. The van der Waals surface area contributed by atoms with Gasteiger partial charge >= 0.3 is 6.01 Å². The van der Waals surface area contributed by atoms with Gasteiger partial charge in [0, 0.05) is 17.1 Å². The molecule has 19 heavy (non-hydrogen) atoms. The third kappa shape index (κ3) is 3.15. The van der Waals surface area contributed by atoms with Gasteiger partial charge in [0.15, 0.2) is 0 Å². The van der Waals surface area contributed by atoms with Crippen molar-refractivity contribution in [3.8, 4) is 17.6 Å². The summed E-state index contributed by atoms with van der Waals surface area (Å²) in [7, 11) is 1.52. The van der Waals surface area contributed by atoms with Crippen molar-refractivity contribution in [1.29, 1.82) is 0 Å². The van der Waals surface area contributed by atoms with Crippen molar-refractivity contribution in [2.24, 2.45) is 5.73 Å². The Balaban J connectivity index is 2.33. The van der Waals surface area contributed by atoms with Crippen LogP contribution in [0.1, 0.15) is 5.56 Å². The second kappa shape index (κ2) is 6.18.